The number of para-hydroxylation sites is 2. The van der Waals surface area contributed by atoms with Gasteiger partial charge in [-0.3, -0.25) is 0 Å². The van der Waals surface area contributed by atoms with Crippen molar-refractivity contribution in [2.45, 2.75) is 25.5 Å². The van der Waals surface area contributed by atoms with Crippen LogP contribution in [0.3, 0.4) is 0 Å². The third-order valence-electron chi connectivity index (χ3n) is 3.96. The molecule has 140 valence electrons. The van der Waals surface area contributed by atoms with Crippen LogP contribution in [0.25, 0.3) is 0 Å². The average molecular weight is 532 g/mol. The first-order valence-electron chi connectivity index (χ1n) is 8.33. The molecule has 0 aliphatic carbocycles. The molecule has 2 aromatic rings. The molecule has 0 radical (unpaired) electrons. The summed E-state index contributed by atoms with van der Waals surface area (Å²) < 4.78 is 12.5. The van der Waals surface area contributed by atoms with Gasteiger partial charge in [-0.15, -0.1) is 24.0 Å². The standard InChI is InChI=1S/C19H22BrN3O2.HI/c1-13(25-18-9-5-3-7-15(18)20)12-22-19(21)23-16-10-11-24-17-8-4-2-6-14(16)17;/h2-9,13,16H,10-12H2,1H3,(H3,21,22,23);1H. The lowest BCUT2D eigenvalue weighted by Gasteiger charge is -2.27. The van der Waals surface area contributed by atoms with E-state index in [2.05, 4.69) is 32.3 Å². The third kappa shape index (κ3) is 5.51. The second-order valence-corrected chi connectivity index (χ2v) is 6.81. The molecular formula is C19H23BrIN3O2. The lowest BCUT2D eigenvalue weighted by atomic mass is 10.0. The van der Waals surface area contributed by atoms with E-state index in [0.717, 1.165) is 28.0 Å². The van der Waals surface area contributed by atoms with Crippen LogP contribution in [0, 0.1) is 0 Å². The highest BCUT2D eigenvalue weighted by Crippen LogP contribution is 2.31. The van der Waals surface area contributed by atoms with Gasteiger partial charge in [-0.1, -0.05) is 30.3 Å². The van der Waals surface area contributed by atoms with Crippen molar-refractivity contribution in [3.05, 3.63) is 58.6 Å². The van der Waals surface area contributed by atoms with Gasteiger partial charge in [0.25, 0.3) is 0 Å². The van der Waals surface area contributed by atoms with E-state index in [4.69, 9.17) is 15.2 Å². The van der Waals surface area contributed by atoms with Crippen LogP contribution in [-0.2, 0) is 0 Å². The van der Waals surface area contributed by atoms with E-state index >= 15 is 0 Å². The van der Waals surface area contributed by atoms with E-state index in [0.29, 0.717) is 19.1 Å². The van der Waals surface area contributed by atoms with Crippen LogP contribution >= 0.6 is 39.9 Å². The summed E-state index contributed by atoms with van der Waals surface area (Å²) in [7, 11) is 0. The molecule has 5 nitrogen and oxygen atoms in total. The smallest absolute Gasteiger partial charge is 0.189 e. The van der Waals surface area contributed by atoms with Crippen molar-refractivity contribution < 1.29 is 9.47 Å². The summed E-state index contributed by atoms with van der Waals surface area (Å²) in [6, 6.07) is 15.9. The number of nitrogens with two attached hydrogens (primary N) is 1. The monoisotopic (exact) mass is 531 g/mol. The van der Waals surface area contributed by atoms with Crippen LogP contribution in [-0.4, -0.2) is 25.2 Å². The summed E-state index contributed by atoms with van der Waals surface area (Å²) in [6.07, 6.45) is 0.775. The molecule has 1 aliphatic rings. The summed E-state index contributed by atoms with van der Waals surface area (Å²) in [5.41, 5.74) is 7.18. The summed E-state index contributed by atoms with van der Waals surface area (Å²) >= 11 is 3.48. The lowest BCUT2D eigenvalue weighted by Crippen LogP contribution is -2.38. The Morgan fingerprint density at radius 1 is 1.31 bits per heavy atom. The summed E-state index contributed by atoms with van der Waals surface area (Å²) in [5.74, 6) is 2.13. The van der Waals surface area contributed by atoms with E-state index in [-0.39, 0.29) is 36.1 Å². The van der Waals surface area contributed by atoms with Crippen molar-refractivity contribution in [1.82, 2.24) is 5.32 Å². The van der Waals surface area contributed by atoms with Crippen LogP contribution in [0.1, 0.15) is 24.9 Å². The van der Waals surface area contributed by atoms with Crippen molar-refractivity contribution >= 4 is 45.9 Å². The molecule has 1 aliphatic heterocycles. The predicted octanol–water partition coefficient (Wildman–Crippen LogP) is 4.26. The van der Waals surface area contributed by atoms with Gasteiger partial charge >= 0.3 is 0 Å². The number of aliphatic imine (C=N–C) groups is 1. The van der Waals surface area contributed by atoms with Gasteiger partial charge in [0.2, 0.25) is 0 Å². The zero-order valence-electron chi connectivity index (χ0n) is 14.5. The first-order valence-corrected chi connectivity index (χ1v) is 9.12. The van der Waals surface area contributed by atoms with Gasteiger partial charge in [0.1, 0.15) is 17.6 Å². The number of ether oxygens (including phenoxy) is 2. The highest BCUT2D eigenvalue weighted by Gasteiger charge is 2.21. The minimum Gasteiger partial charge on any atom is -0.493 e. The van der Waals surface area contributed by atoms with Gasteiger partial charge in [0.15, 0.2) is 5.96 Å². The van der Waals surface area contributed by atoms with Crippen LogP contribution in [0.2, 0.25) is 0 Å². The molecule has 0 fully saturated rings. The molecule has 2 atom stereocenters. The summed E-state index contributed by atoms with van der Waals surface area (Å²) in [6.45, 7) is 3.12. The number of halogens is 2. The Kier molecular flexibility index (Phi) is 8.02. The fourth-order valence-electron chi connectivity index (χ4n) is 2.74. The van der Waals surface area contributed by atoms with Gasteiger partial charge in [-0.25, -0.2) is 4.99 Å². The highest BCUT2D eigenvalue weighted by atomic mass is 127. The van der Waals surface area contributed by atoms with Crippen molar-refractivity contribution in [2.24, 2.45) is 10.7 Å². The van der Waals surface area contributed by atoms with Gasteiger partial charge in [-0.05, 0) is 41.1 Å². The predicted molar refractivity (Wildman–Crippen MR) is 119 cm³/mol. The van der Waals surface area contributed by atoms with E-state index in [9.17, 15) is 0 Å². The van der Waals surface area contributed by atoms with Gasteiger partial charge in [0, 0.05) is 12.0 Å². The third-order valence-corrected chi connectivity index (χ3v) is 4.62. The number of guanidine groups is 1. The molecular weight excluding hydrogens is 509 g/mol. The second kappa shape index (κ2) is 10.0. The molecule has 26 heavy (non-hydrogen) atoms. The highest BCUT2D eigenvalue weighted by molar-refractivity contribution is 14.0. The number of nitrogens with one attached hydrogen (secondary N) is 1. The fourth-order valence-corrected chi connectivity index (χ4v) is 3.12. The molecule has 0 aromatic heterocycles. The molecule has 2 aromatic carbocycles. The Bertz CT molecular complexity index is 757. The van der Waals surface area contributed by atoms with Crippen molar-refractivity contribution in [3.63, 3.8) is 0 Å². The fraction of sp³-hybridized carbons (Fsp3) is 0.316. The molecule has 0 bridgehead atoms. The molecule has 3 rings (SSSR count). The Balaban J connectivity index is 0.00000243. The van der Waals surface area contributed by atoms with Crippen LogP contribution in [0.5, 0.6) is 11.5 Å². The SMILES string of the molecule is CC(CN=C(N)NC1CCOc2ccccc21)Oc1ccccc1Br.I. The van der Waals surface area contributed by atoms with Crippen molar-refractivity contribution in [2.75, 3.05) is 13.2 Å². The zero-order valence-corrected chi connectivity index (χ0v) is 18.4. The second-order valence-electron chi connectivity index (χ2n) is 5.96. The molecule has 7 heteroatoms. The topological polar surface area (TPSA) is 68.9 Å². The van der Waals surface area contributed by atoms with Gasteiger partial charge < -0.3 is 20.5 Å². The van der Waals surface area contributed by atoms with Crippen molar-refractivity contribution in [1.29, 1.82) is 0 Å². The van der Waals surface area contributed by atoms with Crippen LogP contribution < -0.4 is 20.5 Å². The lowest BCUT2D eigenvalue weighted by molar-refractivity contribution is 0.228. The molecule has 0 saturated heterocycles. The molecule has 2 unspecified atom stereocenters. The average Bonchev–Trinajstić information content (AvgIpc) is 2.62. The number of hydrogen-bond acceptors (Lipinski definition) is 3. The van der Waals surface area contributed by atoms with E-state index in [1.807, 2.05) is 49.4 Å². The maximum atomic E-state index is 6.07. The molecule has 0 saturated carbocycles. The zero-order chi connectivity index (χ0) is 17.6. The van der Waals surface area contributed by atoms with Crippen LogP contribution in [0.4, 0.5) is 0 Å². The first-order chi connectivity index (χ1) is 12.1. The minimum atomic E-state index is -0.0824. The quantitative estimate of drug-likeness (QED) is 0.343. The van der Waals surface area contributed by atoms with Crippen LogP contribution in [0.15, 0.2) is 58.0 Å². The van der Waals surface area contributed by atoms with Crippen molar-refractivity contribution in [3.8, 4) is 11.5 Å². The summed E-state index contributed by atoms with van der Waals surface area (Å²) in [4.78, 5) is 4.42. The molecule has 0 spiro atoms. The number of benzene rings is 2. The van der Waals surface area contributed by atoms with Gasteiger partial charge in [-0.2, -0.15) is 0 Å². The van der Waals surface area contributed by atoms with E-state index in [1.54, 1.807) is 0 Å². The first kappa shape index (κ1) is 20.8. The Morgan fingerprint density at radius 3 is 2.85 bits per heavy atom. The van der Waals surface area contributed by atoms with Gasteiger partial charge in [0.05, 0.1) is 23.7 Å². The Labute approximate surface area is 179 Å². The summed E-state index contributed by atoms with van der Waals surface area (Å²) in [5, 5.41) is 3.29. The number of nitrogens with zero attached hydrogens (tertiary/aromatic N) is 1. The minimum absolute atomic E-state index is 0. The van der Waals surface area contributed by atoms with E-state index in [1.165, 1.54) is 0 Å². The number of rotatable bonds is 5. The molecule has 1 heterocycles. The number of fused-ring (bicyclic) bond motifs is 1. The van der Waals surface area contributed by atoms with E-state index < -0.39 is 0 Å². The largest absolute Gasteiger partial charge is 0.493 e. The Morgan fingerprint density at radius 2 is 2.04 bits per heavy atom. The maximum Gasteiger partial charge on any atom is 0.189 e. The Hall–Kier alpha value is -1.48. The normalized spacial score (nSPS) is 17.3. The molecule has 3 N–H and O–H groups in total. The number of hydrogen-bond donors (Lipinski definition) is 2. The molecule has 0 amide bonds. The maximum absolute atomic E-state index is 6.07.